The van der Waals surface area contributed by atoms with Gasteiger partial charge in [0.2, 0.25) is 0 Å². The highest BCUT2D eigenvalue weighted by atomic mass is 19.4. The van der Waals surface area contributed by atoms with E-state index in [0.717, 1.165) is 69.8 Å². The van der Waals surface area contributed by atoms with E-state index in [9.17, 15) is 22.8 Å². The summed E-state index contributed by atoms with van der Waals surface area (Å²) in [5.74, 6) is -2.02. The van der Waals surface area contributed by atoms with Crippen LogP contribution in [0, 0.1) is 23.1 Å². The molecule has 0 radical (unpaired) electrons. The second-order valence-electron chi connectivity index (χ2n) is 11.4. The normalized spacial score (nSPS) is 18.6. The Morgan fingerprint density at radius 2 is 1.74 bits per heavy atom. The lowest BCUT2D eigenvalue weighted by Gasteiger charge is -2.34. The highest BCUT2D eigenvalue weighted by Crippen LogP contribution is 2.30. The minimum atomic E-state index is -5.08. The van der Waals surface area contributed by atoms with Gasteiger partial charge in [-0.05, 0) is 68.6 Å². The number of benzene rings is 2. The van der Waals surface area contributed by atoms with Crippen LogP contribution < -0.4 is 21.7 Å². The molecule has 246 valence electrons. The Balaban J connectivity index is 0.000000617. The van der Waals surface area contributed by atoms with Crippen LogP contribution in [-0.2, 0) is 4.79 Å². The number of anilines is 2. The second kappa shape index (κ2) is 15.0. The summed E-state index contributed by atoms with van der Waals surface area (Å²) >= 11 is 0. The number of carbonyl (C=O) groups is 1. The Labute approximate surface area is 264 Å². The first-order chi connectivity index (χ1) is 21.8. The summed E-state index contributed by atoms with van der Waals surface area (Å²) in [6.45, 7) is 4.81. The van der Waals surface area contributed by atoms with Crippen LogP contribution in [0.5, 0.6) is 0 Å². The number of carboxylic acid groups (broad SMARTS) is 1. The van der Waals surface area contributed by atoms with Crippen LogP contribution in [0.25, 0.3) is 16.9 Å². The van der Waals surface area contributed by atoms with Gasteiger partial charge < -0.3 is 31.7 Å². The van der Waals surface area contributed by atoms with E-state index in [2.05, 4.69) is 51.4 Å². The number of alkyl halides is 3. The van der Waals surface area contributed by atoms with Crippen LogP contribution >= 0.6 is 0 Å². The van der Waals surface area contributed by atoms with Crippen LogP contribution in [0.15, 0.2) is 53.5 Å². The van der Waals surface area contributed by atoms with Crippen LogP contribution in [0.1, 0.15) is 31.2 Å². The van der Waals surface area contributed by atoms with Crippen molar-refractivity contribution >= 4 is 23.4 Å². The zero-order valence-electron chi connectivity index (χ0n) is 25.3. The SMILES string of the molecule is CN1CCN(c2ccc(-n3nc(NC[C@H]4CCC[C@H](N=C(N)N)C4)cc3-c3ccc(C#N)c(F)c3)cc2)CC1.O=C(O)C(F)(F)F. The summed E-state index contributed by atoms with van der Waals surface area (Å²) in [4.78, 5) is 18.0. The number of aromatic nitrogens is 2. The van der Waals surface area contributed by atoms with Crippen LogP contribution in [0.3, 0.4) is 0 Å². The van der Waals surface area contributed by atoms with Crippen LogP contribution in [0.2, 0.25) is 0 Å². The molecule has 2 aliphatic rings. The number of rotatable bonds is 7. The van der Waals surface area contributed by atoms with E-state index in [1.54, 1.807) is 6.07 Å². The van der Waals surface area contributed by atoms with Crippen molar-refractivity contribution < 1.29 is 27.5 Å². The first kappa shape index (κ1) is 34.0. The summed E-state index contributed by atoms with van der Waals surface area (Å²) in [5.41, 5.74) is 14.7. The lowest BCUT2D eigenvalue weighted by atomic mass is 9.86. The van der Waals surface area contributed by atoms with Crippen molar-refractivity contribution in [1.29, 1.82) is 5.26 Å². The summed E-state index contributed by atoms with van der Waals surface area (Å²) in [5, 5.41) is 24.7. The van der Waals surface area contributed by atoms with Gasteiger partial charge in [0, 0.05) is 50.0 Å². The highest BCUT2D eigenvalue weighted by molar-refractivity contribution is 5.76. The van der Waals surface area contributed by atoms with Crippen LogP contribution in [-0.4, -0.2) is 83.7 Å². The fourth-order valence-electron chi connectivity index (χ4n) is 5.53. The highest BCUT2D eigenvalue weighted by Gasteiger charge is 2.38. The lowest BCUT2D eigenvalue weighted by Crippen LogP contribution is -2.44. The lowest BCUT2D eigenvalue weighted by molar-refractivity contribution is -0.192. The van der Waals surface area contributed by atoms with Gasteiger partial charge in [0.1, 0.15) is 17.7 Å². The number of hydrogen-bond donors (Lipinski definition) is 4. The molecular formula is C31H37F4N9O2. The molecule has 1 aliphatic carbocycles. The summed E-state index contributed by atoms with van der Waals surface area (Å²) in [7, 11) is 2.15. The van der Waals surface area contributed by atoms with Crippen molar-refractivity contribution in [2.24, 2.45) is 22.4 Å². The molecular weight excluding hydrogens is 606 g/mol. The van der Waals surface area contributed by atoms with E-state index >= 15 is 0 Å². The minimum absolute atomic E-state index is 0.0207. The smallest absolute Gasteiger partial charge is 0.475 e. The number of nitrogens with one attached hydrogen (secondary N) is 1. The predicted molar refractivity (Wildman–Crippen MR) is 167 cm³/mol. The van der Waals surface area contributed by atoms with Crippen molar-refractivity contribution in [1.82, 2.24) is 14.7 Å². The first-order valence-electron chi connectivity index (χ1n) is 14.8. The van der Waals surface area contributed by atoms with Crippen molar-refractivity contribution in [3.63, 3.8) is 0 Å². The van der Waals surface area contributed by atoms with E-state index in [-0.39, 0.29) is 17.6 Å². The number of halogens is 4. The Kier molecular flexibility index (Phi) is 11.1. The zero-order valence-corrected chi connectivity index (χ0v) is 25.3. The molecule has 11 nitrogen and oxygen atoms in total. The molecule has 3 aromatic rings. The molecule has 2 heterocycles. The Hall–Kier alpha value is -4.84. The maximum atomic E-state index is 14.6. The number of nitrogens with two attached hydrogens (primary N) is 2. The van der Waals surface area contributed by atoms with Gasteiger partial charge in [0.25, 0.3) is 0 Å². The largest absolute Gasteiger partial charge is 0.490 e. The molecule has 0 bridgehead atoms. The van der Waals surface area contributed by atoms with Crippen molar-refractivity contribution in [3.8, 4) is 23.0 Å². The molecule has 15 heteroatoms. The molecule has 1 aliphatic heterocycles. The standard InChI is InChI=1S/C29H36FN9.C2HF3O2/c1-37-11-13-38(14-12-37)24-7-9-25(10-8-24)39-27(21-5-6-22(18-31)26(30)16-21)17-28(36-39)34-19-20-3-2-4-23(15-20)35-29(32)33;3-2(4,5)1(6)7/h5-10,16-17,20,23H,2-4,11-15,19H2,1H3,(H,34,36)(H4,32,33,35);(H,6,7)/t20-,23-;/m0./s1. The predicted octanol–water partition coefficient (Wildman–Crippen LogP) is 4.18. The van der Waals surface area contributed by atoms with Gasteiger partial charge in [0.05, 0.1) is 23.0 Å². The molecule has 46 heavy (non-hydrogen) atoms. The van der Waals surface area contributed by atoms with Gasteiger partial charge in [-0.2, -0.15) is 18.4 Å². The maximum absolute atomic E-state index is 14.6. The summed E-state index contributed by atoms with van der Waals surface area (Å²) < 4.78 is 48.1. The van der Waals surface area contributed by atoms with Gasteiger partial charge in [-0.25, -0.2) is 13.9 Å². The Bertz CT molecular complexity index is 1560. The van der Waals surface area contributed by atoms with E-state index in [4.69, 9.17) is 26.5 Å². The number of nitrogens with zero attached hydrogens (tertiary/aromatic N) is 6. The monoisotopic (exact) mass is 643 g/mol. The average molecular weight is 644 g/mol. The number of carboxylic acids is 1. The van der Waals surface area contributed by atoms with E-state index < -0.39 is 18.0 Å². The number of aliphatic imine (C=N–C) groups is 1. The Morgan fingerprint density at radius 1 is 1.09 bits per heavy atom. The zero-order chi connectivity index (χ0) is 33.4. The number of likely N-dealkylation sites (N-methyl/N-ethyl adjacent to an activating group) is 1. The van der Waals surface area contributed by atoms with E-state index in [1.165, 1.54) is 17.8 Å². The van der Waals surface area contributed by atoms with Gasteiger partial charge in [-0.1, -0.05) is 12.5 Å². The molecule has 1 aromatic heterocycles. The molecule has 2 atom stereocenters. The first-order valence-corrected chi connectivity index (χ1v) is 14.8. The van der Waals surface area contributed by atoms with Crippen molar-refractivity contribution in [3.05, 3.63) is 59.9 Å². The summed E-state index contributed by atoms with van der Waals surface area (Å²) in [6.07, 6.45) is -0.974. The average Bonchev–Trinajstić information content (AvgIpc) is 3.45. The maximum Gasteiger partial charge on any atom is 0.490 e. The molecule has 2 fully saturated rings. The van der Waals surface area contributed by atoms with Crippen LogP contribution in [0.4, 0.5) is 29.1 Å². The number of piperazine rings is 1. The number of nitriles is 1. The third-order valence-electron chi connectivity index (χ3n) is 7.96. The number of hydrogen-bond acceptors (Lipinski definition) is 7. The van der Waals surface area contributed by atoms with Gasteiger partial charge >= 0.3 is 12.1 Å². The molecule has 1 saturated carbocycles. The third kappa shape index (κ3) is 9.10. The second-order valence-corrected chi connectivity index (χ2v) is 11.4. The summed E-state index contributed by atoms with van der Waals surface area (Å²) in [6, 6.07) is 17.0. The van der Waals surface area contributed by atoms with Gasteiger partial charge in [-0.3, -0.25) is 4.99 Å². The molecule has 1 saturated heterocycles. The van der Waals surface area contributed by atoms with E-state index in [0.29, 0.717) is 17.3 Å². The number of aliphatic carboxylic acids is 1. The van der Waals surface area contributed by atoms with Gasteiger partial charge in [0.15, 0.2) is 5.96 Å². The molecule has 2 aromatic carbocycles. The number of guanidine groups is 1. The fourth-order valence-corrected chi connectivity index (χ4v) is 5.53. The molecule has 6 N–H and O–H groups in total. The Morgan fingerprint density at radius 3 is 2.33 bits per heavy atom. The molecule has 0 unspecified atom stereocenters. The quantitative estimate of drug-likeness (QED) is 0.168. The van der Waals surface area contributed by atoms with E-state index in [1.807, 2.05) is 16.8 Å². The van der Waals surface area contributed by atoms with Crippen molar-refractivity contribution in [2.45, 2.75) is 37.9 Å². The minimum Gasteiger partial charge on any atom is -0.475 e. The fraction of sp³-hybridized carbons (Fsp3) is 0.419. The topological polar surface area (TPSA) is 162 Å². The molecule has 5 rings (SSSR count). The third-order valence-corrected chi connectivity index (χ3v) is 7.96. The molecule has 0 spiro atoms. The van der Waals surface area contributed by atoms with Crippen molar-refractivity contribution in [2.75, 3.05) is 50.0 Å². The van der Waals surface area contributed by atoms with Gasteiger partial charge in [-0.15, -0.1) is 5.10 Å². The molecule has 0 amide bonds.